The van der Waals surface area contributed by atoms with Gasteiger partial charge < -0.3 is 21.1 Å². The van der Waals surface area contributed by atoms with Crippen LogP contribution >= 0.6 is 0 Å². The van der Waals surface area contributed by atoms with Crippen molar-refractivity contribution in [2.45, 2.75) is 0 Å². The second kappa shape index (κ2) is 10.1. The molecule has 2 aromatic carbocycles. The summed E-state index contributed by atoms with van der Waals surface area (Å²) in [6.45, 7) is 0. The fourth-order valence-electron chi connectivity index (χ4n) is 3.04. The number of nitrogens with zero attached hydrogens (tertiary/aromatic N) is 3. The Labute approximate surface area is 171 Å². The van der Waals surface area contributed by atoms with Gasteiger partial charge in [0.2, 0.25) is 0 Å². The van der Waals surface area contributed by atoms with E-state index in [1.165, 1.54) is 12.1 Å². The van der Waals surface area contributed by atoms with Crippen molar-refractivity contribution in [3.63, 3.8) is 0 Å². The Hall–Kier alpha value is -3.85. The van der Waals surface area contributed by atoms with Crippen molar-refractivity contribution in [1.82, 2.24) is 9.55 Å². The van der Waals surface area contributed by atoms with E-state index in [2.05, 4.69) is 9.98 Å². The molecule has 156 valence electrons. The van der Waals surface area contributed by atoms with Crippen LogP contribution in [0.4, 0.5) is 8.78 Å². The van der Waals surface area contributed by atoms with Gasteiger partial charge in [-0.1, -0.05) is 18.2 Å². The molecule has 0 fully saturated rings. The molecule has 9 heteroatoms. The number of halogens is 2. The number of carbonyl (C=O) groups is 1. The first-order valence-electron chi connectivity index (χ1n) is 8.66. The Morgan fingerprint density at radius 1 is 1.07 bits per heavy atom. The zero-order valence-corrected chi connectivity index (χ0v) is 16.4. The molecule has 5 N–H and O–H groups in total. The molecular formula is C21H21F2N5O2. The van der Waals surface area contributed by atoms with Crippen molar-refractivity contribution in [2.75, 3.05) is 14.3 Å². The number of amides is 1. The van der Waals surface area contributed by atoms with E-state index >= 15 is 0 Å². The molecule has 0 unspecified atom stereocenters. The third-order valence-corrected chi connectivity index (χ3v) is 4.11. The molecule has 0 saturated carbocycles. The van der Waals surface area contributed by atoms with Crippen molar-refractivity contribution in [1.29, 1.82) is 0 Å². The highest BCUT2D eigenvalue weighted by Gasteiger charge is 2.17. The lowest BCUT2D eigenvalue weighted by atomic mass is 10.1. The van der Waals surface area contributed by atoms with Gasteiger partial charge in [-0.05, 0) is 30.3 Å². The average molecular weight is 413 g/mol. The van der Waals surface area contributed by atoms with E-state index < -0.39 is 5.91 Å². The Morgan fingerprint density at radius 2 is 1.77 bits per heavy atom. The molecule has 2 heterocycles. The predicted molar refractivity (Wildman–Crippen MR) is 114 cm³/mol. The first kappa shape index (κ1) is 22.4. The van der Waals surface area contributed by atoms with Gasteiger partial charge in [-0.25, -0.2) is 4.39 Å². The van der Waals surface area contributed by atoms with Crippen LogP contribution in [0.15, 0.2) is 65.9 Å². The van der Waals surface area contributed by atoms with Crippen LogP contribution < -0.4 is 11.5 Å². The summed E-state index contributed by atoms with van der Waals surface area (Å²) < 4.78 is 25.1. The van der Waals surface area contributed by atoms with Gasteiger partial charge in [0.15, 0.2) is 5.96 Å². The molecule has 0 aliphatic rings. The second-order valence-corrected chi connectivity index (χ2v) is 5.76. The van der Waals surface area contributed by atoms with Crippen LogP contribution in [-0.2, 0) is 0 Å². The molecule has 30 heavy (non-hydrogen) atoms. The molecule has 2 aromatic heterocycles. The molecule has 4 rings (SSSR count). The summed E-state index contributed by atoms with van der Waals surface area (Å²) in [5.41, 5.74) is 13.2. The van der Waals surface area contributed by atoms with Gasteiger partial charge in [0.05, 0.1) is 29.5 Å². The largest absolute Gasteiger partial charge is 0.400 e. The van der Waals surface area contributed by atoms with Gasteiger partial charge in [-0.2, -0.15) is 4.99 Å². The van der Waals surface area contributed by atoms with Gasteiger partial charge in [0.1, 0.15) is 5.82 Å². The third-order valence-electron chi connectivity index (χ3n) is 4.11. The zero-order chi connectivity index (χ0) is 22.3. The molecule has 0 atom stereocenters. The first-order valence-corrected chi connectivity index (χ1v) is 8.66. The molecule has 0 spiro atoms. The number of guanidine groups is 1. The van der Waals surface area contributed by atoms with E-state index in [0.29, 0.717) is 34.7 Å². The number of pyridine rings is 1. The Bertz CT molecular complexity index is 1200. The number of aliphatic hydroxyl groups is 1. The monoisotopic (exact) mass is 413 g/mol. The van der Waals surface area contributed by atoms with Crippen LogP contribution in [-0.4, -0.2) is 40.8 Å². The van der Waals surface area contributed by atoms with Crippen LogP contribution in [0.25, 0.3) is 27.5 Å². The lowest BCUT2D eigenvalue weighted by Gasteiger charge is -2.09. The van der Waals surface area contributed by atoms with E-state index in [-0.39, 0.29) is 11.8 Å². The molecule has 4 aromatic rings. The highest BCUT2D eigenvalue weighted by Crippen LogP contribution is 2.29. The molecule has 0 aliphatic heterocycles. The maximum atomic E-state index is 13.8. The number of hydrogen-bond acceptors (Lipinski definition) is 3. The highest BCUT2D eigenvalue weighted by molar-refractivity contribution is 6.11. The Morgan fingerprint density at radius 3 is 2.47 bits per heavy atom. The highest BCUT2D eigenvalue weighted by atomic mass is 19.1. The maximum Gasteiger partial charge on any atom is 0.282 e. The van der Waals surface area contributed by atoms with Crippen molar-refractivity contribution >= 4 is 33.7 Å². The van der Waals surface area contributed by atoms with Crippen molar-refractivity contribution in [3.8, 4) is 5.69 Å². The number of benzene rings is 2. The van der Waals surface area contributed by atoms with Crippen LogP contribution in [0.1, 0.15) is 10.4 Å². The van der Waals surface area contributed by atoms with E-state index in [0.717, 1.165) is 12.6 Å². The predicted octanol–water partition coefficient (Wildman–Crippen LogP) is 2.93. The Kier molecular flexibility index (Phi) is 7.54. The van der Waals surface area contributed by atoms with Crippen molar-refractivity contribution in [3.05, 3.63) is 72.3 Å². The van der Waals surface area contributed by atoms with E-state index in [1.807, 2.05) is 28.8 Å². The molecule has 7 nitrogen and oxygen atoms in total. The van der Waals surface area contributed by atoms with Gasteiger partial charge in [0.25, 0.3) is 5.91 Å². The fraction of sp³-hybridized carbons (Fsp3) is 0.0952. The SMILES string of the molecule is CF.CO.NC(N)=NC(=O)c1cn(-c2ccnc3ccc(F)cc23)c2ccccc12. The molecule has 0 saturated heterocycles. The summed E-state index contributed by atoms with van der Waals surface area (Å²) in [7, 11) is 1.50. The number of para-hydroxylation sites is 1. The van der Waals surface area contributed by atoms with Crippen molar-refractivity contribution < 1.29 is 18.7 Å². The Balaban J connectivity index is 0.000000757. The quantitative estimate of drug-likeness (QED) is 0.345. The van der Waals surface area contributed by atoms with Crippen LogP contribution in [0.2, 0.25) is 0 Å². The maximum absolute atomic E-state index is 13.8. The summed E-state index contributed by atoms with van der Waals surface area (Å²) in [6, 6.07) is 13.5. The molecule has 0 aliphatic carbocycles. The number of fused-ring (bicyclic) bond motifs is 2. The van der Waals surface area contributed by atoms with Gasteiger partial charge in [-0.3, -0.25) is 14.2 Å². The number of hydrogen-bond donors (Lipinski definition) is 3. The summed E-state index contributed by atoms with van der Waals surface area (Å²) in [5, 5.41) is 8.33. The van der Waals surface area contributed by atoms with Crippen LogP contribution in [0, 0.1) is 5.82 Å². The molecule has 0 bridgehead atoms. The van der Waals surface area contributed by atoms with Crippen molar-refractivity contribution in [2.24, 2.45) is 16.5 Å². The first-order chi connectivity index (χ1) is 14.5. The van der Waals surface area contributed by atoms with E-state index in [4.69, 9.17) is 16.6 Å². The fourth-order valence-corrected chi connectivity index (χ4v) is 3.04. The lowest BCUT2D eigenvalue weighted by molar-refractivity contribution is 0.100. The minimum atomic E-state index is -0.538. The van der Waals surface area contributed by atoms with Crippen LogP contribution in [0.3, 0.4) is 0 Å². The smallest absolute Gasteiger partial charge is 0.282 e. The minimum absolute atomic E-state index is 0.303. The van der Waals surface area contributed by atoms with Gasteiger partial charge in [-0.15, -0.1) is 0 Å². The normalized spacial score (nSPS) is 9.90. The second-order valence-electron chi connectivity index (χ2n) is 5.76. The number of aliphatic imine (C=N–C) groups is 1. The third kappa shape index (κ3) is 4.41. The number of rotatable bonds is 2. The van der Waals surface area contributed by atoms with Gasteiger partial charge in [0, 0.05) is 30.3 Å². The number of aliphatic hydroxyl groups excluding tert-OH is 1. The molecule has 1 amide bonds. The number of alkyl halides is 1. The molecule has 0 radical (unpaired) electrons. The van der Waals surface area contributed by atoms with E-state index in [9.17, 15) is 13.6 Å². The molecular weight excluding hydrogens is 392 g/mol. The van der Waals surface area contributed by atoms with E-state index in [1.54, 1.807) is 24.5 Å². The summed E-state index contributed by atoms with van der Waals surface area (Å²) >= 11 is 0. The number of nitrogens with two attached hydrogens (primary N) is 2. The summed E-state index contributed by atoms with van der Waals surface area (Å²) in [6.07, 6.45) is 3.29. The van der Waals surface area contributed by atoms with Crippen LogP contribution in [0.5, 0.6) is 0 Å². The number of carbonyl (C=O) groups excluding carboxylic acids is 1. The standard InChI is InChI=1S/C19H14FN5O.CH3F.CH4O/c20-11-5-6-15-13(9-11)17(7-8-23-15)25-10-14(18(26)24-19(21)22)12-3-1-2-4-16(12)25;2*1-2/h1-10H,(H4,21,22,24,26);1H3;2H,1H3. The van der Waals surface area contributed by atoms with Gasteiger partial charge >= 0.3 is 0 Å². The average Bonchev–Trinajstić information content (AvgIpc) is 3.15. The lowest BCUT2D eigenvalue weighted by Crippen LogP contribution is -2.24. The zero-order valence-electron chi connectivity index (χ0n) is 16.4. The summed E-state index contributed by atoms with van der Waals surface area (Å²) in [4.78, 5) is 20.3. The number of aromatic nitrogens is 2. The minimum Gasteiger partial charge on any atom is -0.400 e. The summed E-state index contributed by atoms with van der Waals surface area (Å²) in [5.74, 6) is -1.20. The topological polar surface area (TPSA) is 120 Å².